The molecule has 0 aromatic heterocycles. The van der Waals surface area contributed by atoms with Crippen LogP contribution >= 0.6 is 15.9 Å². The molecule has 22 heavy (non-hydrogen) atoms. The molecule has 1 atom stereocenters. The minimum atomic E-state index is -3.73. The van der Waals surface area contributed by atoms with Crippen LogP contribution in [0, 0.1) is 5.82 Å². The van der Waals surface area contributed by atoms with Gasteiger partial charge in [0, 0.05) is 11.0 Å². The lowest BCUT2D eigenvalue weighted by Crippen LogP contribution is -2.38. The van der Waals surface area contributed by atoms with Crippen molar-refractivity contribution in [3.05, 3.63) is 64.4 Å². The molecule has 2 N–H and O–H groups in total. The fourth-order valence-corrected chi connectivity index (χ4v) is 3.24. The lowest BCUT2D eigenvalue weighted by atomic mass is 9.96. The molecule has 0 radical (unpaired) electrons. The first kappa shape index (κ1) is 17.1. The van der Waals surface area contributed by atoms with E-state index in [9.17, 15) is 17.9 Å². The van der Waals surface area contributed by atoms with Crippen LogP contribution in [-0.4, -0.2) is 20.1 Å². The van der Waals surface area contributed by atoms with Gasteiger partial charge >= 0.3 is 0 Å². The molecule has 4 nitrogen and oxygen atoms in total. The van der Waals surface area contributed by atoms with Gasteiger partial charge in [-0.15, -0.1) is 0 Å². The zero-order valence-electron chi connectivity index (χ0n) is 11.8. The molecule has 0 aliphatic carbocycles. The predicted molar refractivity (Wildman–Crippen MR) is 85.3 cm³/mol. The van der Waals surface area contributed by atoms with Gasteiger partial charge in [0.2, 0.25) is 10.0 Å². The summed E-state index contributed by atoms with van der Waals surface area (Å²) in [5.74, 6) is -0.421. The number of hydrogen-bond donors (Lipinski definition) is 2. The molecule has 0 saturated heterocycles. The van der Waals surface area contributed by atoms with Crippen LogP contribution in [0.1, 0.15) is 12.5 Å². The number of nitrogens with one attached hydrogen (secondary N) is 1. The molecule has 2 aromatic rings. The van der Waals surface area contributed by atoms with Crippen molar-refractivity contribution in [2.24, 2.45) is 0 Å². The van der Waals surface area contributed by atoms with Crippen molar-refractivity contribution in [1.82, 2.24) is 4.72 Å². The van der Waals surface area contributed by atoms with Crippen LogP contribution in [-0.2, 0) is 15.6 Å². The van der Waals surface area contributed by atoms with E-state index in [4.69, 9.17) is 0 Å². The van der Waals surface area contributed by atoms with E-state index < -0.39 is 21.4 Å². The van der Waals surface area contributed by atoms with Crippen LogP contribution in [0.4, 0.5) is 4.39 Å². The van der Waals surface area contributed by atoms with E-state index in [1.807, 2.05) is 0 Å². The summed E-state index contributed by atoms with van der Waals surface area (Å²) in [7, 11) is -3.73. The molecular formula is C15H15BrFNO3S. The minimum Gasteiger partial charge on any atom is -0.384 e. The van der Waals surface area contributed by atoms with Crippen molar-refractivity contribution >= 4 is 26.0 Å². The van der Waals surface area contributed by atoms with Gasteiger partial charge in [-0.2, -0.15) is 0 Å². The summed E-state index contributed by atoms with van der Waals surface area (Å²) in [5.41, 5.74) is -1.02. The van der Waals surface area contributed by atoms with E-state index in [0.29, 0.717) is 5.56 Å². The average Bonchev–Trinajstić information content (AvgIpc) is 2.46. The van der Waals surface area contributed by atoms with Gasteiger partial charge in [-0.05, 0) is 48.9 Å². The predicted octanol–water partition coefficient (Wildman–Crippen LogP) is 2.77. The molecule has 0 spiro atoms. The van der Waals surface area contributed by atoms with Crippen molar-refractivity contribution in [2.45, 2.75) is 17.4 Å². The molecule has 0 fully saturated rings. The number of rotatable bonds is 5. The molecule has 0 amide bonds. The highest BCUT2D eigenvalue weighted by Crippen LogP contribution is 2.21. The molecule has 2 aromatic carbocycles. The van der Waals surface area contributed by atoms with E-state index in [-0.39, 0.29) is 11.4 Å². The minimum absolute atomic E-state index is 0.102. The van der Waals surface area contributed by atoms with Crippen LogP contribution in [0.25, 0.3) is 0 Å². The maximum atomic E-state index is 12.9. The van der Waals surface area contributed by atoms with E-state index in [1.54, 1.807) is 12.1 Å². The highest BCUT2D eigenvalue weighted by molar-refractivity contribution is 9.10. The molecule has 2 rings (SSSR count). The molecule has 118 valence electrons. The van der Waals surface area contributed by atoms with Crippen LogP contribution in [0.3, 0.4) is 0 Å². The number of halogens is 2. The number of aliphatic hydroxyl groups is 1. The second kappa shape index (κ2) is 6.45. The average molecular weight is 388 g/mol. The summed E-state index contributed by atoms with van der Waals surface area (Å²) < 4.78 is 40.4. The van der Waals surface area contributed by atoms with Gasteiger partial charge in [-0.3, -0.25) is 0 Å². The Morgan fingerprint density at radius 2 is 1.68 bits per heavy atom. The summed E-state index contributed by atoms with van der Waals surface area (Å²) in [6.45, 7) is 1.24. The molecule has 0 aliphatic heterocycles. The number of sulfonamides is 1. The SMILES string of the molecule is CC(O)(CNS(=O)(=O)c1ccc(Br)cc1)c1ccc(F)cc1. The van der Waals surface area contributed by atoms with Gasteiger partial charge in [0.1, 0.15) is 11.4 Å². The molecule has 1 unspecified atom stereocenters. The lowest BCUT2D eigenvalue weighted by Gasteiger charge is -2.24. The fourth-order valence-electron chi connectivity index (χ4n) is 1.84. The standard InChI is InChI=1S/C15H15BrFNO3S/c1-15(19,11-2-6-13(17)7-3-11)10-18-22(20,21)14-8-4-12(16)5-9-14/h2-9,18-19H,10H2,1H3. The third kappa shape index (κ3) is 4.13. The van der Waals surface area contributed by atoms with Crippen LogP contribution in [0.2, 0.25) is 0 Å². The Morgan fingerprint density at radius 1 is 1.14 bits per heavy atom. The Morgan fingerprint density at radius 3 is 2.23 bits per heavy atom. The van der Waals surface area contributed by atoms with Gasteiger partial charge < -0.3 is 5.11 Å². The highest BCUT2D eigenvalue weighted by atomic mass is 79.9. The summed E-state index contributed by atoms with van der Waals surface area (Å²) in [6.07, 6.45) is 0. The van der Waals surface area contributed by atoms with Crippen LogP contribution in [0.5, 0.6) is 0 Å². The number of hydrogen-bond acceptors (Lipinski definition) is 3. The van der Waals surface area contributed by atoms with Gasteiger partial charge in [-0.25, -0.2) is 17.5 Å². The second-order valence-corrected chi connectivity index (χ2v) is 7.74. The summed E-state index contributed by atoms with van der Waals surface area (Å²) in [5, 5.41) is 10.4. The van der Waals surface area contributed by atoms with Gasteiger partial charge in [-0.1, -0.05) is 28.1 Å². The van der Waals surface area contributed by atoms with Gasteiger partial charge in [0.15, 0.2) is 0 Å². The van der Waals surface area contributed by atoms with Crippen molar-refractivity contribution < 1.29 is 17.9 Å². The maximum absolute atomic E-state index is 12.9. The molecule has 7 heteroatoms. The zero-order valence-corrected chi connectivity index (χ0v) is 14.2. The first-order valence-electron chi connectivity index (χ1n) is 6.44. The quantitative estimate of drug-likeness (QED) is 0.828. The van der Waals surface area contributed by atoms with E-state index in [1.165, 1.54) is 43.3 Å². The second-order valence-electron chi connectivity index (χ2n) is 5.06. The van der Waals surface area contributed by atoms with Crippen molar-refractivity contribution in [3.8, 4) is 0 Å². The summed E-state index contributed by atoms with van der Waals surface area (Å²) >= 11 is 3.23. The fraction of sp³-hybridized carbons (Fsp3) is 0.200. The van der Waals surface area contributed by atoms with Crippen molar-refractivity contribution in [1.29, 1.82) is 0 Å². The largest absolute Gasteiger partial charge is 0.384 e. The Balaban J connectivity index is 2.13. The van der Waals surface area contributed by atoms with E-state index in [2.05, 4.69) is 20.7 Å². The smallest absolute Gasteiger partial charge is 0.240 e. The number of benzene rings is 2. The molecule has 0 saturated carbocycles. The van der Waals surface area contributed by atoms with E-state index in [0.717, 1.165) is 4.47 Å². The summed E-state index contributed by atoms with van der Waals surface area (Å²) in [4.78, 5) is 0.102. The normalized spacial score (nSPS) is 14.5. The Bertz CT molecular complexity index is 743. The maximum Gasteiger partial charge on any atom is 0.240 e. The topological polar surface area (TPSA) is 66.4 Å². The lowest BCUT2D eigenvalue weighted by molar-refractivity contribution is 0.0627. The zero-order chi connectivity index (χ0) is 16.4. The van der Waals surface area contributed by atoms with Crippen molar-refractivity contribution in [2.75, 3.05) is 6.54 Å². The molecular weight excluding hydrogens is 373 g/mol. The first-order valence-corrected chi connectivity index (χ1v) is 8.72. The molecule has 0 aliphatic rings. The summed E-state index contributed by atoms with van der Waals surface area (Å²) in [6, 6.07) is 11.4. The first-order chi connectivity index (χ1) is 10.2. The van der Waals surface area contributed by atoms with E-state index >= 15 is 0 Å². The highest BCUT2D eigenvalue weighted by Gasteiger charge is 2.26. The third-order valence-electron chi connectivity index (χ3n) is 3.20. The monoisotopic (exact) mass is 387 g/mol. The Kier molecular flexibility index (Phi) is 5.01. The van der Waals surface area contributed by atoms with Gasteiger partial charge in [0.25, 0.3) is 0 Å². The molecule has 0 bridgehead atoms. The van der Waals surface area contributed by atoms with Crippen LogP contribution in [0.15, 0.2) is 57.9 Å². The third-order valence-corrected chi connectivity index (χ3v) is 5.14. The van der Waals surface area contributed by atoms with Gasteiger partial charge in [0.05, 0.1) is 4.90 Å². The van der Waals surface area contributed by atoms with Crippen LogP contribution < -0.4 is 4.72 Å². The Labute approximate surface area is 137 Å². The van der Waals surface area contributed by atoms with Crippen molar-refractivity contribution in [3.63, 3.8) is 0 Å². The Hall–Kier alpha value is -1.28. The molecule has 0 heterocycles.